The molecule has 1 aromatic heterocycles. The van der Waals surface area contributed by atoms with Gasteiger partial charge in [-0.05, 0) is 39.0 Å². The van der Waals surface area contributed by atoms with E-state index in [-0.39, 0.29) is 5.91 Å². The van der Waals surface area contributed by atoms with E-state index in [0.717, 1.165) is 10.0 Å². The van der Waals surface area contributed by atoms with Crippen LogP contribution in [0.4, 0.5) is 0 Å². The van der Waals surface area contributed by atoms with E-state index in [1.807, 2.05) is 38.1 Å². The van der Waals surface area contributed by atoms with E-state index >= 15 is 0 Å². The largest absolute Gasteiger partial charge is 0.441 e. The van der Waals surface area contributed by atoms with Crippen LogP contribution >= 0.6 is 15.9 Å². The fourth-order valence-electron chi connectivity index (χ4n) is 2.00. The lowest BCUT2D eigenvalue weighted by Crippen LogP contribution is -2.31. The summed E-state index contributed by atoms with van der Waals surface area (Å²) >= 11 is 3.41. The average molecular weight is 337 g/mol. The highest BCUT2D eigenvalue weighted by molar-refractivity contribution is 9.10. The monoisotopic (exact) mass is 336 g/mol. The van der Waals surface area contributed by atoms with E-state index < -0.39 is 0 Å². The van der Waals surface area contributed by atoms with Crippen molar-refractivity contribution in [2.24, 2.45) is 0 Å². The number of aryl methyl sites for hydroxylation is 1. The van der Waals surface area contributed by atoms with Gasteiger partial charge in [0.2, 0.25) is 5.89 Å². The maximum atomic E-state index is 12.3. The summed E-state index contributed by atoms with van der Waals surface area (Å²) < 4.78 is 6.58. The molecular formula is C15H17BrN2O2. The Morgan fingerprint density at radius 3 is 2.65 bits per heavy atom. The summed E-state index contributed by atoms with van der Waals surface area (Å²) in [6, 6.07) is 7.66. The summed E-state index contributed by atoms with van der Waals surface area (Å²) in [4.78, 5) is 18.4. The van der Waals surface area contributed by atoms with E-state index in [2.05, 4.69) is 20.9 Å². The molecule has 0 spiro atoms. The Bertz CT molecular complexity index is 618. The normalized spacial score (nSPS) is 10.6. The number of amides is 1. The highest BCUT2D eigenvalue weighted by Gasteiger charge is 2.21. The van der Waals surface area contributed by atoms with Gasteiger partial charge in [0.05, 0.1) is 0 Å². The lowest BCUT2D eigenvalue weighted by Gasteiger charge is -2.16. The van der Waals surface area contributed by atoms with Crippen molar-refractivity contribution in [2.75, 3.05) is 13.1 Å². The molecule has 0 aliphatic rings. The standard InChI is InChI=1S/C15H17BrN2O2/c1-4-18(5-2)15(19)13-10(3)20-14(17-13)11-7-6-8-12(16)9-11/h6-9H,4-5H2,1-3H3. The van der Waals surface area contributed by atoms with Gasteiger partial charge in [-0.3, -0.25) is 4.79 Å². The summed E-state index contributed by atoms with van der Waals surface area (Å²) in [6.07, 6.45) is 0. The van der Waals surface area contributed by atoms with Crippen molar-refractivity contribution in [1.82, 2.24) is 9.88 Å². The van der Waals surface area contributed by atoms with Gasteiger partial charge < -0.3 is 9.32 Å². The summed E-state index contributed by atoms with van der Waals surface area (Å²) in [6.45, 7) is 6.99. The van der Waals surface area contributed by atoms with Crippen LogP contribution in [0.1, 0.15) is 30.1 Å². The Kier molecular flexibility index (Phi) is 4.60. The van der Waals surface area contributed by atoms with Gasteiger partial charge in [-0.2, -0.15) is 0 Å². The SMILES string of the molecule is CCN(CC)C(=O)c1nc(-c2cccc(Br)c2)oc1C. The first-order chi connectivity index (χ1) is 9.56. The van der Waals surface area contributed by atoms with Gasteiger partial charge in [0.1, 0.15) is 5.76 Å². The second kappa shape index (κ2) is 6.22. The third-order valence-corrected chi connectivity index (χ3v) is 3.61. The first-order valence-electron chi connectivity index (χ1n) is 6.59. The number of nitrogens with zero attached hydrogens (tertiary/aromatic N) is 2. The van der Waals surface area contributed by atoms with Crippen molar-refractivity contribution in [3.8, 4) is 11.5 Å². The van der Waals surface area contributed by atoms with Crippen LogP contribution in [0.25, 0.3) is 11.5 Å². The minimum absolute atomic E-state index is 0.0857. The van der Waals surface area contributed by atoms with Crippen LogP contribution in [0, 0.1) is 6.92 Å². The minimum Gasteiger partial charge on any atom is -0.441 e. The van der Waals surface area contributed by atoms with Gasteiger partial charge in [0.15, 0.2) is 5.69 Å². The fraction of sp³-hybridized carbons (Fsp3) is 0.333. The second-order valence-corrected chi connectivity index (χ2v) is 5.33. The first-order valence-corrected chi connectivity index (χ1v) is 7.38. The van der Waals surface area contributed by atoms with Crippen LogP contribution < -0.4 is 0 Å². The smallest absolute Gasteiger partial charge is 0.276 e. The lowest BCUT2D eigenvalue weighted by atomic mass is 10.2. The molecule has 2 rings (SSSR count). The Morgan fingerprint density at radius 1 is 1.35 bits per heavy atom. The molecule has 0 saturated carbocycles. The molecule has 1 aromatic carbocycles. The maximum Gasteiger partial charge on any atom is 0.276 e. The van der Waals surface area contributed by atoms with Gasteiger partial charge in [-0.15, -0.1) is 0 Å². The van der Waals surface area contributed by atoms with Crippen LogP contribution in [0.3, 0.4) is 0 Å². The number of carbonyl (C=O) groups excluding carboxylic acids is 1. The van der Waals surface area contributed by atoms with E-state index in [1.54, 1.807) is 11.8 Å². The molecule has 0 aliphatic heterocycles. The number of carbonyl (C=O) groups is 1. The number of benzene rings is 1. The molecule has 0 saturated heterocycles. The molecule has 20 heavy (non-hydrogen) atoms. The number of hydrogen-bond donors (Lipinski definition) is 0. The van der Waals surface area contributed by atoms with Crippen LogP contribution in [0.15, 0.2) is 33.2 Å². The number of oxazole rings is 1. The molecule has 4 nitrogen and oxygen atoms in total. The number of halogens is 1. The van der Waals surface area contributed by atoms with Crippen molar-refractivity contribution < 1.29 is 9.21 Å². The predicted octanol–water partition coefficient (Wildman–Crippen LogP) is 3.89. The topological polar surface area (TPSA) is 46.3 Å². The van der Waals surface area contributed by atoms with E-state index in [0.29, 0.717) is 30.4 Å². The molecule has 0 aliphatic carbocycles. The zero-order valence-electron chi connectivity index (χ0n) is 11.8. The molecular weight excluding hydrogens is 320 g/mol. The Balaban J connectivity index is 2.37. The van der Waals surface area contributed by atoms with E-state index in [1.165, 1.54) is 0 Å². The predicted molar refractivity (Wildman–Crippen MR) is 81.6 cm³/mol. The molecule has 5 heteroatoms. The van der Waals surface area contributed by atoms with E-state index in [4.69, 9.17) is 4.42 Å². The minimum atomic E-state index is -0.0857. The van der Waals surface area contributed by atoms with Gasteiger partial charge in [-0.25, -0.2) is 4.98 Å². The van der Waals surface area contributed by atoms with Gasteiger partial charge >= 0.3 is 0 Å². The highest BCUT2D eigenvalue weighted by atomic mass is 79.9. The van der Waals surface area contributed by atoms with Crippen LogP contribution in [-0.4, -0.2) is 28.9 Å². The molecule has 0 fully saturated rings. The lowest BCUT2D eigenvalue weighted by molar-refractivity contribution is 0.0766. The molecule has 0 bridgehead atoms. The van der Waals surface area contributed by atoms with E-state index in [9.17, 15) is 4.79 Å². The quantitative estimate of drug-likeness (QED) is 0.850. The highest BCUT2D eigenvalue weighted by Crippen LogP contribution is 2.25. The number of rotatable bonds is 4. The summed E-state index contributed by atoms with van der Waals surface area (Å²) in [5, 5.41) is 0. The maximum absolute atomic E-state index is 12.3. The van der Waals surface area contributed by atoms with Gasteiger partial charge in [-0.1, -0.05) is 22.0 Å². The van der Waals surface area contributed by atoms with Gasteiger partial charge in [0, 0.05) is 23.1 Å². The number of aromatic nitrogens is 1. The molecule has 0 N–H and O–H groups in total. The van der Waals surface area contributed by atoms with Gasteiger partial charge in [0.25, 0.3) is 5.91 Å². The van der Waals surface area contributed by atoms with Crippen molar-refractivity contribution in [2.45, 2.75) is 20.8 Å². The zero-order valence-corrected chi connectivity index (χ0v) is 13.4. The summed E-state index contributed by atoms with van der Waals surface area (Å²) in [5.41, 5.74) is 1.24. The Hall–Kier alpha value is -1.62. The Morgan fingerprint density at radius 2 is 2.05 bits per heavy atom. The van der Waals surface area contributed by atoms with Crippen LogP contribution in [0.2, 0.25) is 0 Å². The first kappa shape index (κ1) is 14.8. The molecule has 2 aromatic rings. The molecule has 1 amide bonds. The van der Waals surface area contributed by atoms with Crippen molar-refractivity contribution >= 4 is 21.8 Å². The van der Waals surface area contributed by atoms with Crippen molar-refractivity contribution in [3.05, 3.63) is 40.2 Å². The second-order valence-electron chi connectivity index (χ2n) is 4.41. The fourth-order valence-corrected chi connectivity index (χ4v) is 2.40. The average Bonchev–Trinajstić information content (AvgIpc) is 2.82. The Labute approximate surface area is 126 Å². The molecule has 0 atom stereocenters. The van der Waals surface area contributed by atoms with Crippen molar-refractivity contribution in [3.63, 3.8) is 0 Å². The summed E-state index contributed by atoms with van der Waals surface area (Å²) in [7, 11) is 0. The molecule has 106 valence electrons. The van der Waals surface area contributed by atoms with Crippen molar-refractivity contribution in [1.29, 1.82) is 0 Å². The van der Waals surface area contributed by atoms with Crippen LogP contribution in [-0.2, 0) is 0 Å². The third-order valence-electron chi connectivity index (χ3n) is 3.12. The molecule has 0 radical (unpaired) electrons. The molecule has 1 heterocycles. The summed E-state index contributed by atoms with van der Waals surface area (Å²) in [5.74, 6) is 0.939. The zero-order chi connectivity index (χ0) is 14.7. The van der Waals surface area contributed by atoms with Crippen LogP contribution in [0.5, 0.6) is 0 Å². The molecule has 0 unspecified atom stereocenters. The third kappa shape index (κ3) is 2.93. The number of hydrogen-bond acceptors (Lipinski definition) is 3.